The van der Waals surface area contributed by atoms with E-state index in [2.05, 4.69) is 0 Å². The molecular formula is C40H47FN4O6. The van der Waals surface area contributed by atoms with Crippen molar-refractivity contribution in [3.05, 3.63) is 130 Å². The van der Waals surface area contributed by atoms with Crippen LogP contribution in [0.25, 0.3) is 0 Å². The van der Waals surface area contributed by atoms with E-state index in [0.717, 1.165) is 18.4 Å². The van der Waals surface area contributed by atoms with E-state index in [4.69, 9.17) is 20.9 Å². The van der Waals surface area contributed by atoms with E-state index in [1.807, 2.05) is 44.2 Å². The number of aliphatic hydroxyl groups excluding tert-OH is 1. The molecule has 0 aliphatic heterocycles. The van der Waals surface area contributed by atoms with E-state index in [-0.39, 0.29) is 48.7 Å². The molecule has 0 aromatic heterocycles. The number of halogens is 1. The number of nitrogens with two attached hydrogens (primary N) is 2. The normalized spacial score (nSPS) is 12.1. The number of ether oxygens (including phenoxy) is 2. The summed E-state index contributed by atoms with van der Waals surface area (Å²) in [5, 5.41) is 11.4. The van der Waals surface area contributed by atoms with Crippen LogP contribution in [0.1, 0.15) is 74.5 Å². The number of rotatable bonds is 18. The van der Waals surface area contributed by atoms with Crippen LogP contribution in [0, 0.1) is 5.82 Å². The lowest BCUT2D eigenvalue weighted by molar-refractivity contribution is 0.0554. The highest BCUT2D eigenvalue weighted by atomic mass is 19.1. The predicted octanol–water partition coefficient (Wildman–Crippen LogP) is 5.35. The lowest BCUT2D eigenvalue weighted by Gasteiger charge is -2.29. The first kappa shape index (κ1) is 38.5. The zero-order valence-electron chi connectivity index (χ0n) is 29.4. The molecule has 10 nitrogen and oxygen atoms in total. The molecule has 4 rings (SSSR count). The van der Waals surface area contributed by atoms with Crippen LogP contribution in [0.15, 0.2) is 91.0 Å². The highest BCUT2D eigenvalue weighted by Crippen LogP contribution is 2.22. The third kappa shape index (κ3) is 11.1. The van der Waals surface area contributed by atoms with Gasteiger partial charge in [-0.2, -0.15) is 0 Å². The third-order valence-corrected chi connectivity index (χ3v) is 8.33. The molecule has 51 heavy (non-hydrogen) atoms. The summed E-state index contributed by atoms with van der Waals surface area (Å²) in [6.45, 7) is 5.02. The number of nitrogens with zero attached hydrogens (tertiary/aromatic N) is 2. The Hall–Kier alpha value is -5.26. The Morgan fingerprint density at radius 3 is 2.00 bits per heavy atom. The maximum Gasteiger partial charge on any atom is 0.254 e. The van der Waals surface area contributed by atoms with Gasteiger partial charge < -0.3 is 35.8 Å². The quantitative estimate of drug-likeness (QED) is 0.127. The van der Waals surface area contributed by atoms with Gasteiger partial charge in [-0.15, -0.1) is 0 Å². The van der Waals surface area contributed by atoms with Crippen molar-refractivity contribution >= 4 is 17.7 Å². The Kier molecular flexibility index (Phi) is 14.1. The second kappa shape index (κ2) is 18.7. The maximum absolute atomic E-state index is 14.6. The Bertz CT molecular complexity index is 1780. The molecule has 0 saturated heterocycles. The summed E-state index contributed by atoms with van der Waals surface area (Å²) < 4.78 is 25.8. The zero-order chi connectivity index (χ0) is 36.9. The van der Waals surface area contributed by atoms with Gasteiger partial charge in [0.15, 0.2) is 0 Å². The topological polar surface area (TPSA) is 148 Å². The van der Waals surface area contributed by atoms with Gasteiger partial charge in [0.25, 0.3) is 11.8 Å². The summed E-state index contributed by atoms with van der Waals surface area (Å²) in [7, 11) is 1.53. The van der Waals surface area contributed by atoms with E-state index in [0.29, 0.717) is 35.7 Å². The maximum atomic E-state index is 14.6. The first-order valence-corrected chi connectivity index (χ1v) is 17.1. The van der Waals surface area contributed by atoms with E-state index in [9.17, 15) is 23.9 Å². The molecule has 4 aromatic carbocycles. The van der Waals surface area contributed by atoms with Gasteiger partial charge in [-0.25, -0.2) is 4.39 Å². The summed E-state index contributed by atoms with van der Waals surface area (Å²) in [4.78, 5) is 43.3. The van der Waals surface area contributed by atoms with E-state index in [1.54, 1.807) is 35.2 Å². The Morgan fingerprint density at radius 1 is 0.765 bits per heavy atom. The van der Waals surface area contributed by atoms with Gasteiger partial charge in [-0.1, -0.05) is 56.3 Å². The minimum Gasteiger partial charge on any atom is -0.497 e. The molecule has 3 amide bonds. The molecule has 270 valence electrons. The summed E-state index contributed by atoms with van der Waals surface area (Å²) in [6, 6.07) is 24.2. The average molecular weight is 699 g/mol. The van der Waals surface area contributed by atoms with Gasteiger partial charge in [0.05, 0.1) is 13.2 Å². The third-order valence-electron chi connectivity index (χ3n) is 8.33. The van der Waals surface area contributed by atoms with Crippen LogP contribution in [-0.4, -0.2) is 71.5 Å². The summed E-state index contributed by atoms with van der Waals surface area (Å²) in [6.07, 6.45) is 0.304. The Labute approximate surface area is 298 Å². The molecule has 2 atom stereocenters. The fourth-order valence-corrected chi connectivity index (χ4v) is 5.78. The number of benzene rings is 4. The number of hydrogen-bond donors (Lipinski definition) is 3. The highest BCUT2D eigenvalue weighted by molar-refractivity contribution is 6.04. The summed E-state index contributed by atoms with van der Waals surface area (Å²) in [5.41, 5.74) is 14.5. The van der Waals surface area contributed by atoms with Crippen molar-refractivity contribution in [3.63, 3.8) is 0 Å². The first-order chi connectivity index (χ1) is 24.5. The smallest absolute Gasteiger partial charge is 0.254 e. The standard InChI is InChI=1S/C40H47FN4O6/c1-4-14-44(15-5-2)39(48)31-20-30(38(43)47)21-32(22-31)40(49)45(24-28-12-9-13-34(17-28)50-3)25-37(46)36(42)19-29-16-33(41)23-35(18-29)51-26-27-10-7-6-8-11-27/h6-13,16-18,20-23,36-37,46H,4-5,14-15,19,24-26,42H2,1-3H3,(H2,43,47)/t36-,37+/m0/s1. The molecule has 0 heterocycles. The van der Waals surface area contributed by atoms with Gasteiger partial charge in [-0.3, -0.25) is 14.4 Å². The Balaban J connectivity index is 1.60. The molecular weight excluding hydrogens is 651 g/mol. The largest absolute Gasteiger partial charge is 0.497 e. The lowest BCUT2D eigenvalue weighted by Crippen LogP contribution is -2.46. The highest BCUT2D eigenvalue weighted by Gasteiger charge is 2.26. The van der Waals surface area contributed by atoms with Crippen LogP contribution in [0.5, 0.6) is 11.5 Å². The van der Waals surface area contributed by atoms with Crippen molar-refractivity contribution in [3.8, 4) is 11.5 Å². The summed E-state index contributed by atoms with van der Waals surface area (Å²) in [5.74, 6) is -1.28. The van der Waals surface area contributed by atoms with Crippen LogP contribution < -0.4 is 20.9 Å². The molecule has 5 N–H and O–H groups in total. The second-order valence-corrected chi connectivity index (χ2v) is 12.5. The van der Waals surface area contributed by atoms with E-state index < -0.39 is 29.8 Å². The lowest BCUT2D eigenvalue weighted by atomic mass is 10.00. The van der Waals surface area contributed by atoms with Crippen molar-refractivity contribution in [2.24, 2.45) is 11.5 Å². The molecule has 0 radical (unpaired) electrons. The van der Waals surface area contributed by atoms with Gasteiger partial charge >= 0.3 is 0 Å². The number of carbonyl (C=O) groups is 3. The molecule has 11 heteroatoms. The summed E-state index contributed by atoms with van der Waals surface area (Å²) >= 11 is 0. The van der Waals surface area contributed by atoms with E-state index >= 15 is 0 Å². The molecule has 0 bridgehead atoms. The number of aliphatic hydroxyl groups is 1. The van der Waals surface area contributed by atoms with Crippen molar-refractivity contribution in [2.45, 2.75) is 58.4 Å². The molecule has 0 aliphatic carbocycles. The number of hydrogen-bond acceptors (Lipinski definition) is 7. The number of methoxy groups -OCH3 is 1. The fourth-order valence-electron chi connectivity index (χ4n) is 5.78. The minimum atomic E-state index is -1.25. The number of amides is 3. The van der Waals surface area contributed by atoms with Crippen LogP contribution in [0.4, 0.5) is 4.39 Å². The van der Waals surface area contributed by atoms with Gasteiger partial charge in [-0.05, 0) is 78.4 Å². The molecule has 0 fully saturated rings. The second-order valence-electron chi connectivity index (χ2n) is 12.5. The van der Waals surface area contributed by atoms with Gasteiger partial charge in [0, 0.05) is 55.0 Å². The predicted molar refractivity (Wildman–Crippen MR) is 194 cm³/mol. The SMILES string of the molecule is CCCN(CCC)C(=O)c1cc(C(N)=O)cc(C(=O)N(Cc2cccc(OC)c2)C[C@@H](O)[C@@H](N)Cc2cc(F)cc(OCc3ccccc3)c2)c1. The van der Waals surface area contributed by atoms with Gasteiger partial charge in [0.1, 0.15) is 23.9 Å². The first-order valence-electron chi connectivity index (χ1n) is 17.1. The molecule has 0 saturated carbocycles. The van der Waals surface area contributed by atoms with Crippen molar-refractivity contribution < 1.29 is 33.4 Å². The number of carbonyl (C=O) groups excluding carboxylic acids is 3. The monoisotopic (exact) mass is 698 g/mol. The molecule has 0 unspecified atom stereocenters. The van der Waals surface area contributed by atoms with Crippen LogP contribution in [0.3, 0.4) is 0 Å². The number of primary amides is 1. The van der Waals surface area contributed by atoms with Crippen molar-refractivity contribution in [1.29, 1.82) is 0 Å². The fraction of sp³-hybridized carbons (Fsp3) is 0.325. The zero-order valence-corrected chi connectivity index (χ0v) is 29.4. The molecule has 4 aromatic rings. The Morgan fingerprint density at radius 2 is 1.37 bits per heavy atom. The van der Waals surface area contributed by atoms with Gasteiger partial charge in [0.2, 0.25) is 5.91 Å². The average Bonchev–Trinajstić information content (AvgIpc) is 3.13. The van der Waals surface area contributed by atoms with Crippen molar-refractivity contribution in [2.75, 3.05) is 26.7 Å². The van der Waals surface area contributed by atoms with Crippen LogP contribution >= 0.6 is 0 Å². The van der Waals surface area contributed by atoms with Crippen molar-refractivity contribution in [1.82, 2.24) is 9.80 Å². The van der Waals surface area contributed by atoms with Crippen LogP contribution in [0.2, 0.25) is 0 Å². The van der Waals surface area contributed by atoms with Crippen LogP contribution in [-0.2, 0) is 19.6 Å². The van der Waals surface area contributed by atoms with E-state index in [1.165, 1.54) is 42.3 Å². The molecule has 0 aliphatic rings. The minimum absolute atomic E-state index is 0.00659. The molecule has 0 spiro atoms.